The van der Waals surface area contributed by atoms with Crippen LogP contribution in [0, 0.1) is 6.92 Å². The quantitative estimate of drug-likeness (QED) is 0.503. The van der Waals surface area contributed by atoms with Gasteiger partial charge in [0.1, 0.15) is 0 Å². The molecule has 8 heteroatoms. The van der Waals surface area contributed by atoms with Crippen molar-refractivity contribution in [3.05, 3.63) is 51.6 Å². The van der Waals surface area contributed by atoms with Crippen molar-refractivity contribution in [2.24, 2.45) is 0 Å². The van der Waals surface area contributed by atoms with Gasteiger partial charge in [-0.3, -0.25) is 9.69 Å². The van der Waals surface area contributed by atoms with Crippen molar-refractivity contribution in [3.63, 3.8) is 0 Å². The summed E-state index contributed by atoms with van der Waals surface area (Å²) >= 11 is 0. The molecule has 2 atom stereocenters. The second kappa shape index (κ2) is 10.4. The zero-order valence-corrected chi connectivity index (χ0v) is 20.4. The van der Waals surface area contributed by atoms with E-state index in [1.807, 2.05) is 18.2 Å². The summed E-state index contributed by atoms with van der Waals surface area (Å²) in [5.74, 6) is 0.930. The fraction of sp³-hybridized carbons (Fsp3) is 0.615. The third kappa shape index (κ3) is 4.93. The largest absolute Gasteiger partial charge is 0.377 e. The van der Waals surface area contributed by atoms with Gasteiger partial charge >= 0.3 is 0 Å². The lowest BCUT2D eigenvalue weighted by Gasteiger charge is -2.33. The average molecular weight is 465 g/mol. The molecule has 3 heterocycles. The standard InChI is InChI=1S/C26H36N6O2/c1-3-7-24(25-28-29-30-32(25)21-8-4-5-9-21)31(17-22-10-6-13-34-22)16-20-15-19-14-18(2)11-12-23(19)27-26(20)33/h11-12,14-15,21-22,24H,3-10,13,16-17H2,1-2H3,(H,27,33). The van der Waals surface area contributed by atoms with Crippen LogP contribution in [0.25, 0.3) is 10.9 Å². The number of hydrogen-bond acceptors (Lipinski definition) is 6. The van der Waals surface area contributed by atoms with Gasteiger partial charge in [0, 0.05) is 30.8 Å². The summed E-state index contributed by atoms with van der Waals surface area (Å²) in [6.45, 7) is 6.40. The van der Waals surface area contributed by atoms with Crippen LogP contribution in [0.15, 0.2) is 29.1 Å². The normalized spacial score (nSPS) is 20.0. The van der Waals surface area contributed by atoms with Gasteiger partial charge in [0.05, 0.1) is 18.2 Å². The van der Waals surface area contributed by atoms with Gasteiger partial charge in [-0.15, -0.1) is 5.10 Å². The monoisotopic (exact) mass is 464 g/mol. The summed E-state index contributed by atoms with van der Waals surface area (Å²) in [5.41, 5.74) is 2.80. The molecule has 1 aliphatic carbocycles. The summed E-state index contributed by atoms with van der Waals surface area (Å²) in [6, 6.07) is 8.60. The molecule has 2 fully saturated rings. The summed E-state index contributed by atoms with van der Waals surface area (Å²) in [4.78, 5) is 18.6. The van der Waals surface area contributed by atoms with Crippen molar-refractivity contribution in [2.45, 2.75) is 89.9 Å². The number of aryl methyl sites for hydroxylation is 1. The first-order valence-electron chi connectivity index (χ1n) is 12.9. The molecule has 1 N–H and O–H groups in total. The maximum absolute atomic E-state index is 13.1. The number of nitrogens with zero attached hydrogens (tertiary/aromatic N) is 5. The van der Waals surface area contributed by atoms with Gasteiger partial charge < -0.3 is 9.72 Å². The number of benzene rings is 1. The van der Waals surface area contributed by atoms with E-state index in [1.165, 1.54) is 18.4 Å². The highest BCUT2D eigenvalue weighted by Crippen LogP contribution is 2.34. The van der Waals surface area contributed by atoms with Crippen molar-refractivity contribution in [2.75, 3.05) is 13.2 Å². The predicted octanol–water partition coefficient (Wildman–Crippen LogP) is 4.46. The molecule has 34 heavy (non-hydrogen) atoms. The van der Waals surface area contributed by atoms with Crippen LogP contribution in [0.4, 0.5) is 0 Å². The van der Waals surface area contributed by atoms with Crippen LogP contribution >= 0.6 is 0 Å². The maximum Gasteiger partial charge on any atom is 0.252 e. The van der Waals surface area contributed by atoms with E-state index in [9.17, 15) is 4.79 Å². The fourth-order valence-electron chi connectivity index (χ4n) is 5.64. The maximum atomic E-state index is 13.1. The summed E-state index contributed by atoms with van der Waals surface area (Å²) in [7, 11) is 0. The third-order valence-corrected chi connectivity index (χ3v) is 7.40. The molecule has 2 aromatic heterocycles. The average Bonchev–Trinajstić information content (AvgIpc) is 3.60. The minimum absolute atomic E-state index is 0.0284. The summed E-state index contributed by atoms with van der Waals surface area (Å²) in [5, 5.41) is 14.1. The number of ether oxygens (including phenoxy) is 1. The second-order valence-electron chi connectivity index (χ2n) is 10.0. The van der Waals surface area contributed by atoms with Crippen LogP contribution in [-0.4, -0.2) is 49.3 Å². The number of tetrazole rings is 1. The Morgan fingerprint density at radius 2 is 2.06 bits per heavy atom. The van der Waals surface area contributed by atoms with E-state index >= 15 is 0 Å². The Bertz CT molecular complexity index is 1160. The summed E-state index contributed by atoms with van der Waals surface area (Å²) < 4.78 is 8.10. The summed E-state index contributed by atoms with van der Waals surface area (Å²) in [6.07, 6.45) is 8.99. The highest BCUT2D eigenvalue weighted by molar-refractivity contribution is 5.79. The predicted molar refractivity (Wildman–Crippen MR) is 132 cm³/mol. The Morgan fingerprint density at radius 3 is 2.82 bits per heavy atom. The SMILES string of the molecule is CCCC(c1nnnn1C1CCCC1)N(Cc1cc2cc(C)ccc2[nH]c1=O)CC1CCCO1. The number of nitrogens with one attached hydrogen (secondary N) is 1. The molecule has 5 rings (SSSR count). The molecular formula is C26H36N6O2. The Balaban J connectivity index is 1.51. The van der Waals surface area contributed by atoms with Crippen LogP contribution in [0.3, 0.4) is 0 Å². The van der Waals surface area contributed by atoms with E-state index < -0.39 is 0 Å². The lowest BCUT2D eigenvalue weighted by molar-refractivity contribution is 0.0471. The molecule has 8 nitrogen and oxygen atoms in total. The van der Waals surface area contributed by atoms with Crippen molar-refractivity contribution in [1.29, 1.82) is 0 Å². The van der Waals surface area contributed by atoms with Crippen LogP contribution < -0.4 is 5.56 Å². The van der Waals surface area contributed by atoms with Crippen molar-refractivity contribution in [3.8, 4) is 0 Å². The Kier molecular flexibility index (Phi) is 7.06. The fourth-order valence-corrected chi connectivity index (χ4v) is 5.64. The lowest BCUT2D eigenvalue weighted by Crippen LogP contribution is -2.38. The first kappa shape index (κ1) is 23.2. The molecule has 2 unspecified atom stereocenters. The van der Waals surface area contributed by atoms with Gasteiger partial charge in [-0.2, -0.15) is 0 Å². The van der Waals surface area contributed by atoms with E-state index in [1.54, 1.807) is 0 Å². The molecule has 0 amide bonds. The topological polar surface area (TPSA) is 88.9 Å². The van der Waals surface area contributed by atoms with Gasteiger partial charge in [0.25, 0.3) is 5.56 Å². The number of rotatable bonds is 9. The molecule has 2 aliphatic rings. The van der Waals surface area contributed by atoms with Crippen LogP contribution in [0.5, 0.6) is 0 Å². The number of hydrogen-bond donors (Lipinski definition) is 1. The number of fused-ring (bicyclic) bond motifs is 1. The Hall–Kier alpha value is -2.58. The molecular weight excluding hydrogens is 428 g/mol. The molecule has 0 radical (unpaired) electrons. The van der Waals surface area contributed by atoms with E-state index in [-0.39, 0.29) is 17.7 Å². The minimum Gasteiger partial charge on any atom is -0.377 e. The number of pyridine rings is 1. The molecule has 0 spiro atoms. The van der Waals surface area contributed by atoms with Gasteiger partial charge in [0.2, 0.25) is 0 Å². The van der Waals surface area contributed by atoms with Crippen molar-refractivity contribution >= 4 is 10.9 Å². The first-order valence-corrected chi connectivity index (χ1v) is 12.9. The van der Waals surface area contributed by atoms with Crippen LogP contribution in [0.2, 0.25) is 0 Å². The second-order valence-corrected chi connectivity index (χ2v) is 10.0. The lowest BCUT2D eigenvalue weighted by atomic mass is 10.0. The number of H-pyrrole nitrogens is 1. The van der Waals surface area contributed by atoms with Crippen LogP contribution in [-0.2, 0) is 11.3 Å². The zero-order chi connectivity index (χ0) is 23.5. The molecule has 1 aromatic carbocycles. The highest BCUT2D eigenvalue weighted by atomic mass is 16.5. The van der Waals surface area contributed by atoms with Gasteiger partial charge in [-0.25, -0.2) is 4.68 Å². The molecule has 1 aliphatic heterocycles. The third-order valence-electron chi connectivity index (χ3n) is 7.40. The van der Waals surface area contributed by atoms with E-state index in [0.717, 1.165) is 74.0 Å². The number of aromatic amines is 1. The smallest absolute Gasteiger partial charge is 0.252 e. The minimum atomic E-state index is -0.0284. The van der Waals surface area contributed by atoms with Gasteiger partial charge in [0.15, 0.2) is 5.82 Å². The molecule has 0 bridgehead atoms. The highest BCUT2D eigenvalue weighted by Gasteiger charge is 2.32. The first-order chi connectivity index (χ1) is 16.6. The zero-order valence-electron chi connectivity index (χ0n) is 20.4. The number of aromatic nitrogens is 5. The van der Waals surface area contributed by atoms with Crippen molar-refractivity contribution < 1.29 is 4.74 Å². The molecule has 1 saturated carbocycles. The Morgan fingerprint density at radius 1 is 1.21 bits per heavy atom. The van der Waals surface area contributed by atoms with E-state index in [4.69, 9.17) is 4.74 Å². The van der Waals surface area contributed by atoms with Gasteiger partial charge in [-0.1, -0.05) is 37.8 Å². The molecule has 3 aromatic rings. The van der Waals surface area contributed by atoms with E-state index in [2.05, 4.69) is 50.0 Å². The van der Waals surface area contributed by atoms with Crippen LogP contribution in [0.1, 0.15) is 87.3 Å². The molecule has 1 saturated heterocycles. The van der Waals surface area contributed by atoms with Crippen molar-refractivity contribution in [1.82, 2.24) is 30.1 Å². The van der Waals surface area contributed by atoms with Gasteiger partial charge in [-0.05, 0) is 73.0 Å². The Labute approximate surface area is 200 Å². The van der Waals surface area contributed by atoms with E-state index in [0.29, 0.717) is 12.6 Å². The molecule has 182 valence electrons.